The Balaban J connectivity index is 1.79. The van der Waals surface area contributed by atoms with Crippen molar-refractivity contribution >= 4 is 11.8 Å². The fourth-order valence-electron chi connectivity index (χ4n) is 1.65. The minimum absolute atomic E-state index is 0.407. The van der Waals surface area contributed by atoms with Crippen molar-refractivity contribution in [1.29, 1.82) is 0 Å². The van der Waals surface area contributed by atoms with Crippen LogP contribution in [-0.4, -0.2) is 27.1 Å². The lowest BCUT2D eigenvalue weighted by Crippen LogP contribution is -2.06. The molecule has 0 unspecified atom stereocenters. The first-order chi connectivity index (χ1) is 9.20. The van der Waals surface area contributed by atoms with Crippen LogP contribution in [0, 0.1) is 6.92 Å². The molecule has 0 fully saturated rings. The van der Waals surface area contributed by atoms with E-state index in [9.17, 15) is 0 Å². The molecular weight excluding hydrogens is 260 g/mol. The fraction of sp³-hybridized carbons (Fsp3) is 0.385. The van der Waals surface area contributed by atoms with Gasteiger partial charge in [-0.3, -0.25) is 0 Å². The van der Waals surface area contributed by atoms with Gasteiger partial charge < -0.3 is 15.0 Å². The van der Waals surface area contributed by atoms with Gasteiger partial charge in [-0.25, -0.2) is 0 Å². The number of aryl methyl sites for hydroxylation is 1. The number of ether oxygens (including phenoxy) is 1. The van der Waals surface area contributed by atoms with Crippen molar-refractivity contribution in [3.8, 4) is 5.75 Å². The highest BCUT2D eigenvalue weighted by Gasteiger charge is 2.07. The van der Waals surface area contributed by atoms with Gasteiger partial charge in [0.25, 0.3) is 0 Å². The number of thioether (sulfide) groups is 1. The summed E-state index contributed by atoms with van der Waals surface area (Å²) in [4.78, 5) is 0. The van der Waals surface area contributed by atoms with E-state index in [2.05, 4.69) is 23.2 Å². The van der Waals surface area contributed by atoms with Gasteiger partial charge in [0.05, 0.1) is 13.2 Å². The third-order valence-corrected chi connectivity index (χ3v) is 3.66. The van der Waals surface area contributed by atoms with Crippen molar-refractivity contribution in [1.82, 2.24) is 14.8 Å². The van der Waals surface area contributed by atoms with E-state index in [0.29, 0.717) is 13.2 Å². The van der Waals surface area contributed by atoms with E-state index < -0.39 is 0 Å². The molecular formula is C13H18N4OS. The molecule has 0 saturated heterocycles. The third kappa shape index (κ3) is 3.71. The first-order valence-corrected chi connectivity index (χ1v) is 7.10. The predicted octanol–water partition coefficient (Wildman–Crippen LogP) is 1.75. The molecule has 0 aliphatic rings. The number of hydrogen-bond donors (Lipinski definition) is 1. The molecule has 0 bridgehead atoms. The highest BCUT2D eigenvalue weighted by Crippen LogP contribution is 2.17. The van der Waals surface area contributed by atoms with Crippen LogP contribution in [0.1, 0.15) is 11.4 Å². The van der Waals surface area contributed by atoms with E-state index in [1.54, 1.807) is 11.8 Å². The van der Waals surface area contributed by atoms with Crippen molar-refractivity contribution in [2.45, 2.75) is 18.6 Å². The van der Waals surface area contributed by atoms with Crippen LogP contribution in [-0.2, 0) is 13.6 Å². The Morgan fingerprint density at radius 2 is 2.21 bits per heavy atom. The summed E-state index contributed by atoms with van der Waals surface area (Å²) in [7, 11) is 1.92. The maximum absolute atomic E-state index is 5.68. The number of rotatable bonds is 6. The number of benzene rings is 1. The molecule has 19 heavy (non-hydrogen) atoms. The number of nitrogens with zero attached hydrogens (tertiary/aromatic N) is 3. The van der Waals surface area contributed by atoms with Crippen molar-refractivity contribution < 1.29 is 4.74 Å². The van der Waals surface area contributed by atoms with Gasteiger partial charge in [-0.15, -0.1) is 10.2 Å². The van der Waals surface area contributed by atoms with Crippen LogP contribution >= 0.6 is 11.8 Å². The Labute approximate surface area is 117 Å². The van der Waals surface area contributed by atoms with Crippen LogP contribution < -0.4 is 10.5 Å². The largest absolute Gasteiger partial charge is 0.493 e. The Bertz CT molecular complexity index is 541. The van der Waals surface area contributed by atoms with Crippen LogP contribution in [0.25, 0.3) is 0 Å². The number of hydrogen-bond acceptors (Lipinski definition) is 5. The lowest BCUT2D eigenvalue weighted by molar-refractivity contribution is 0.343. The van der Waals surface area contributed by atoms with Crippen molar-refractivity contribution in [2.24, 2.45) is 12.8 Å². The lowest BCUT2D eigenvalue weighted by Gasteiger charge is -2.06. The molecule has 102 valence electrons. The predicted molar refractivity (Wildman–Crippen MR) is 76.3 cm³/mol. The second-order valence-electron chi connectivity index (χ2n) is 4.18. The molecule has 0 spiro atoms. The lowest BCUT2D eigenvalue weighted by atomic mass is 10.2. The van der Waals surface area contributed by atoms with Crippen LogP contribution in [0.3, 0.4) is 0 Å². The second kappa shape index (κ2) is 6.58. The van der Waals surface area contributed by atoms with Crippen LogP contribution in [0.5, 0.6) is 5.75 Å². The zero-order chi connectivity index (χ0) is 13.7. The summed E-state index contributed by atoms with van der Waals surface area (Å²) in [6, 6.07) is 8.04. The van der Waals surface area contributed by atoms with Gasteiger partial charge in [-0.2, -0.15) is 0 Å². The molecule has 0 atom stereocenters. The highest BCUT2D eigenvalue weighted by atomic mass is 32.2. The maximum Gasteiger partial charge on any atom is 0.191 e. The normalized spacial score (nSPS) is 10.7. The minimum atomic E-state index is 0.407. The zero-order valence-electron chi connectivity index (χ0n) is 11.2. The molecule has 0 radical (unpaired) electrons. The summed E-state index contributed by atoms with van der Waals surface area (Å²) in [6.07, 6.45) is 0. The van der Waals surface area contributed by atoms with Gasteiger partial charge in [-0.1, -0.05) is 23.9 Å². The minimum Gasteiger partial charge on any atom is -0.493 e. The Kier molecular flexibility index (Phi) is 4.81. The van der Waals surface area contributed by atoms with Crippen LogP contribution in [0.4, 0.5) is 0 Å². The average Bonchev–Trinajstić information content (AvgIpc) is 2.76. The van der Waals surface area contributed by atoms with Crippen LogP contribution in [0.15, 0.2) is 29.4 Å². The van der Waals surface area contributed by atoms with Gasteiger partial charge in [-0.05, 0) is 24.6 Å². The van der Waals surface area contributed by atoms with E-state index >= 15 is 0 Å². The van der Waals surface area contributed by atoms with Gasteiger partial charge in [0, 0.05) is 12.8 Å². The molecule has 0 saturated carbocycles. The second-order valence-corrected chi connectivity index (χ2v) is 5.24. The van der Waals surface area contributed by atoms with Gasteiger partial charge in [0.1, 0.15) is 11.6 Å². The topological polar surface area (TPSA) is 66.0 Å². The van der Waals surface area contributed by atoms with Gasteiger partial charge in [0.2, 0.25) is 0 Å². The molecule has 6 heteroatoms. The van der Waals surface area contributed by atoms with Gasteiger partial charge >= 0.3 is 0 Å². The van der Waals surface area contributed by atoms with E-state index in [0.717, 1.165) is 22.5 Å². The quantitative estimate of drug-likeness (QED) is 0.644. The Morgan fingerprint density at radius 3 is 2.89 bits per heavy atom. The van der Waals surface area contributed by atoms with E-state index in [4.69, 9.17) is 10.5 Å². The average molecular weight is 278 g/mol. The van der Waals surface area contributed by atoms with Gasteiger partial charge in [0.15, 0.2) is 5.16 Å². The van der Waals surface area contributed by atoms with E-state index in [1.807, 2.05) is 29.8 Å². The molecule has 5 nitrogen and oxygen atoms in total. The van der Waals surface area contributed by atoms with E-state index in [-0.39, 0.29) is 0 Å². The summed E-state index contributed by atoms with van der Waals surface area (Å²) >= 11 is 1.62. The molecule has 1 aromatic heterocycles. The highest BCUT2D eigenvalue weighted by molar-refractivity contribution is 7.99. The summed E-state index contributed by atoms with van der Waals surface area (Å²) in [6.45, 7) is 3.10. The fourth-order valence-corrected chi connectivity index (χ4v) is 2.39. The van der Waals surface area contributed by atoms with Crippen LogP contribution in [0.2, 0.25) is 0 Å². The number of nitrogens with two attached hydrogens (primary N) is 1. The molecule has 2 aromatic rings. The smallest absolute Gasteiger partial charge is 0.191 e. The number of aromatic nitrogens is 3. The van der Waals surface area contributed by atoms with E-state index in [1.165, 1.54) is 5.56 Å². The van der Waals surface area contributed by atoms with Crippen molar-refractivity contribution in [2.75, 3.05) is 12.4 Å². The zero-order valence-corrected chi connectivity index (χ0v) is 12.0. The molecule has 2 rings (SSSR count). The molecule has 0 amide bonds. The summed E-state index contributed by atoms with van der Waals surface area (Å²) in [5, 5.41) is 8.96. The monoisotopic (exact) mass is 278 g/mol. The molecule has 0 aliphatic heterocycles. The first kappa shape index (κ1) is 13.9. The third-order valence-electron chi connectivity index (χ3n) is 2.68. The summed E-state index contributed by atoms with van der Waals surface area (Å²) in [5.74, 6) is 2.52. The summed E-state index contributed by atoms with van der Waals surface area (Å²) < 4.78 is 7.59. The molecule has 1 heterocycles. The first-order valence-electron chi connectivity index (χ1n) is 6.11. The van der Waals surface area contributed by atoms with Crippen molar-refractivity contribution in [3.05, 3.63) is 35.7 Å². The maximum atomic E-state index is 5.68. The molecule has 2 N–H and O–H groups in total. The molecule has 0 aliphatic carbocycles. The summed E-state index contributed by atoms with van der Waals surface area (Å²) in [5.41, 5.74) is 6.75. The Hall–Kier alpha value is -1.53. The SMILES string of the molecule is Cc1cccc(OCCSc2nnc(CN)n2C)c1. The standard InChI is InChI=1S/C13H18N4OS/c1-10-4-3-5-11(8-10)18-6-7-19-13-16-15-12(9-14)17(13)2/h3-5,8H,6-7,9,14H2,1-2H3. The van der Waals surface area contributed by atoms with Crippen molar-refractivity contribution in [3.63, 3.8) is 0 Å². The Morgan fingerprint density at radius 1 is 1.37 bits per heavy atom. The molecule has 1 aromatic carbocycles.